The highest BCUT2D eigenvalue weighted by atomic mass is 35.5. The van der Waals surface area contributed by atoms with Crippen LogP contribution in [0.1, 0.15) is 38.5 Å². The van der Waals surface area contributed by atoms with Gasteiger partial charge in [0, 0.05) is 11.1 Å². The highest BCUT2D eigenvalue weighted by Gasteiger charge is 2.39. The minimum atomic E-state index is -0.0145. The smallest absolute Gasteiger partial charge is 0.138 e. The number of benzene rings is 1. The molecular formula is C15H19Cl2NO. The zero-order valence-corrected chi connectivity index (χ0v) is 12.4. The highest BCUT2D eigenvalue weighted by Crippen LogP contribution is 2.41. The van der Waals surface area contributed by atoms with Gasteiger partial charge in [0.25, 0.3) is 0 Å². The van der Waals surface area contributed by atoms with Crippen LogP contribution in [-0.4, -0.2) is 18.2 Å². The van der Waals surface area contributed by atoms with Crippen LogP contribution < -0.4 is 10.1 Å². The Bertz CT molecular complexity index is 455. The Balaban J connectivity index is 1.60. The van der Waals surface area contributed by atoms with Crippen molar-refractivity contribution in [2.24, 2.45) is 0 Å². The molecule has 2 aliphatic rings. The molecule has 2 nitrogen and oxygen atoms in total. The predicted octanol–water partition coefficient (Wildman–Crippen LogP) is 4.44. The van der Waals surface area contributed by atoms with Gasteiger partial charge in [0.05, 0.1) is 5.02 Å². The molecule has 4 heteroatoms. The third kappa shape index (κ3) is 3.36. The van der Waals surface area contributed by atoms with E-state index in [-0.39, 0.29) is 5.60 Å². The van der Waals surface area contributed by atoms with Crippen molar-refractivity contribution < 1.29 is 4.74 Å². The van der Waals surface area contributed by atoms with Gasteiger partial charge in [-0.25, -0.2) is 0 Å². The van der Waals surface area contributed by atoms with Crippen LogP contribution in [0.25, 0.3) is 0 Å². The maximum Gasteiger partial charge on any atom is 0.138 e. The fourth-order valence-electron chi connectivity index (χ4n) is 2.56. The summed E-state index contributed by atoms with van der Waals surface area (Å²) >= 11 is 12.1. The third-order valence-corrected chi connectivity index (χ3v) is 4.61. The lowest BCUT2D eigenvalue weighted by Gasteiger charge is -2.42. The molecule has 0 aliphatic heterocycles. The summed E-state index contributed by atoms with van der Waals surface area (Å²) in [6, 6.07) is 6.21. The van der Waals surface area contributed by atoms with Gasteiger partial charge in [-0.15, -0.1) is 0 Å². The highest BCUT2D eigenvalue weighted by molar-refractivity contribution is 6.35. The van der Waals surface area contributed by atoms with E-state index in [0.29, 0.717) is 10.0 Å². The summed E-state index contributed by atoms with van der Waals surface area (Å²) in [6.45, 7) is 1.04. The molecule has 0 unspecified atom stereocenters. The van der Waals surface area contributed by atoms with Crippen molar-refractivity contribution in [1.82, 2.24) is 5.32 Å². The average molecular weight is 300 g/mol. The molecule has 0 radical (unpaired) electrons. The molecule has 104 valence electrons. The van der Waals surface area contributed by atoms with Crippen molar-refractivity contribution in [3.05, 3.63) is 28.2 Å². The minimum absolute atomic E-state index is 0.0145. The number of ether oxygens (including phenoxy) is 1. The molecular weight excluding hydrogens is 281 g/mol. The molecule has 2 aliphatic carbocycles. The van der Waals surface area contributed by atoms with E-state index in [1.54, 1.807) is 6.07 Å². The first-order valence-corrected chi connectivity index (χ1v) is 7.80. The number of hydrogen-bond donors (Lipinski definition) is 1. The van der Waals surface area contributed by atoms with Gasteiger partial charge < -0.3 is 10.1 Å². The lowest BCUT2D eigenvalue weighted by molar-refractivity contribution is -0.0142. The molecule has 1 aromatic carbocycles. The lowest BCUT2D eigenvalue weighted by atomic mass is 9.77. The fourth-order valence-corrected chi connectivity index (χ4v) is 3.00. The zero-order valence-electron chi connectivity index (χ0n) is 10.9. The van der Waals surface area contributed by atoms with Gasteiger partial charge in [0.2, 0.25) is 0 Å². The first kappa shape index (κ1) is 13.5. The number of hydrogen-bond acceptors (Lipinski definition) is 2. The molecule has 0 aromatic heterocycles. The Morgan fingerprint density at radius 3 is 2.63 bits per heavy atom. The average Bonchev–Trinajstić information content (AvgIpc) is 3.13. The largest absolute Gasteiger partial charge is 0.486 e. The van der Waals surface area contributed by atoms with Crippen LogP contribution in [0.15, 0.2) is 18.2 Å². The van der Waals surface area contributed by atoms with E-state index in [1.165, 1.54) is 19.3 Å². The standard InChI is InChI=1S/C15H19Cl2NO/c16-11-2-5-14(13(17)10-11)19-15(6-1-7-15)8-9-18-12-3-4-12/h2,5,10,12,18H,1,3-4,6-9H2. The van der Waals surface area contributed by atoms with Crippen LogP contribution in [0, 0.1) is 0 Å². The molecule has 2 saturated carbocycles. The summed E-state index contributed by atoms with van der Waals surface area (Å²) in [5.41, 5.74) is -0.0145. The van der Waals surface area contributed by atoms with Gasteiger partial charge in [0.15, 0.2) is 0 Å². The van der Waals surface area contributed by atoms with Crippen LogP contribution in [0.2, 0.25) is 10.0 Å². The molecule has 0 saturated heterocycles. The van der Waals surface area contributed by atoms with Crippen molar-refractivity contribution >= 4 is 23.2 Å². The molecule has 1 aromatic rings. The predicted molar refractivity (Wildman–Crippen MR) is 79.3 cm³/mol. The Labute approximate surface area is 124 Å². The minimum Gasteiger partial charge on any atom is -0.486 e. The quantitative estimate of drug-likeness (QED) is 0.838. The van der Waals surface area contributed by atoms with E-state index < -0.39 is 0 Å². The van der Waals surface area contributed by atoms with E-state index in [9.17, 15) is 0 Å². The lowest BCUT2D eigenvalue weighted by Crippen LogP contribution is -2.45. The summed E-state index contributed by atoms with van der Waals surface area (Å²) in [6.07, 6.45) is 7.21. The Morgan fingerprint density at radius 1 is 1.26 bits per heavy atom. The molecule has 0 amide bonds. The van der Waals surface area contributed by atoms with Gasteiger partial charge in [-0.05, 0) is 63.3 Å². The maximum atomic E-state index is 6.20. The third-order valence-electron chi connectivity index (χ3n) is 4.08. The molecule has 0 spiro atoms. The Hall–Kier alpha value is -0.440. The van der Waals surface area contributed by atoms with Gasteiger partial charge in [-0.2, -0.15) is 0 Å². The van der Waals surface area contributed by atoms with Gasteiger partial charge in [-0.3, -0.25) is 0 Å². The second kappa shape index (κ2) is 5.51. The SMILES string of the molecule is Clc1ccc(OC2(CCNC3CC3)CCC2)c(Cl)c1. The van der Waals surface area contributed by atoms with E-state index >= 15 is 0 Å². The van der Waals surface area contributed by atoms with Gasteiger partial charge >= 0.3 is 0 Å². The van der Waals surface area contributed by atoms with Crippen molar-refractivity contribution in [1.29, 1.82) is 0 Å². The van der Waals surface area contributed by atoms with Crippen LogP contribution in [0.3, 0.4) is 0 Å². The second-order valence-electron chi connectivity index (χ2n) is 5.69. The molecule has 0 atom stereocenters. The molecule has 0 bridgehead atoms. The Kier molecular flexibility index (Phi) is 3.93. The number of rotatable bonds is 6. The van der Waals surface area contributed by atoms with Crippen LogP contribution in [0.5, 0.6) is 5.75 Å². The van der Waals surface area contributed by atoms with Crippen molar-refractivity contribution in [2.45, 2.75) is 50.2 Å². The van der Waals surface area contributed by atoms with E-state index in [0.717, 1.165) is 37.6 Å². The van der Waals surface area contributed by atoms with Gasteiger partial charge in [0.1, 0.15) is 11.4 Å². The summed E-state index contributed by atoms with van der Waals surface area (Å²) in [7, 11) is 0. The van der Waals surface area contributed by atoms with Crippen molar-refractivity contribution in [3.63, 3.8) is 0 Å². The number of halogens is 2. The Morgan fingerprint density at radius 2 is 2.05 bits per heavy atom. The van der Waals surface area contributed by atoms with E-state index in [4.69, 9.17) is 27.9 Å². The summed E-state index contributed by atoms with van der Waals surface area (Å²) < 4.78 is 6.20. The zero-order chi connectivity index (χ0) is 13.3. The fraction of sp³-hybridized carbons (Fsp3) is 0.600. The van der Waals surface area contributed by atoms with Crippen LogP contribution in [0.4, 0.5) is 0 Å². The molecule has 0 heterocycles. The molecule has 2 fully saturated rings. The number of nitrogens with one attached hydrogen (secondary N) is 1. The van der Waals surface area contributed by atoms with Crippen molar-refractivity contribution in [3.8, 4) is 5.75 Å². The summed E-state index contributed by atoms with van der Waals surface area (Å²) in [5, 5.41) is 4.81. The maximum absolute atomic E-state index is 6.20. The summed E-state index contributed by atoms with van der Waals surface area (Å²) in [4.78, 5) is 0. The second-order valence-corrected chi connectivity index (χ2v) is 6.54. The first-order valence-electron chi connectivity index (χ1n) is 7.04. The molecule has 3 rings (SSSR count). The first-order chi connectivity index (χ1) is 9.17. The monoisotopic (exact) mass is 299 g/mol. The molecule has 1 N–H and O–H groups in total. The topological polar surface area (TPSA) is 21.3 Å². The van der Waals surface area contributed by atoms with Gasteiger partial charge in [-0.1, -0.05) is 23.2 Å². The van der Waals surface area contributed by atoms with Crippen molar-refractivity contribution in [2.75, 3.05) is 6.54 Å². The van der Waals surface area contributed by atoms with Crippen LogP contribution in [-0.2, 0) is 0 Å². The normalized spacial score (nSPS) is 20.9. The van der Waals surface area contributed by atoms with Crippen LogP contribution >= 0.6 is 23.2 Å². The summed E-state index contributed by atoms with van der Waals surface area (Å²) in [5.74, 6) is 0.761. The molecule has 19 heavy (non-hydrogen) atoms. The van der Waals surface area contributed by atoms with E-state index in [2.05, 4.69) is 5.32 Å². The van der Waals surface area contributed by atoms with E-state index in [1.807, 2.05) is 12.1 Å².